The lowest BCUT2D eigenvalue weighted by molar-refractivity contribution is 0.102. The summed E-state index contributed by atoms with van der Waals surface area (Å²) in [5, 5.41) is 32.6. The molecule has 0 aromatic heterocycles. The van der Waals surface area contributed by atoms with E-state index in [1.54, 1.807) is 0 Å². The fourth-order valence-electron chi connectivity index (χ4n) is 0.435. The predicted molar refractivity (Wildman–Crippen MR) is 53.0 cm³/mol. The van der Waals surface area contributed by atoms with E-state index in [9.17, 15) is 0 Å². The highest BCUT2D eigenvalue weighted by molar-refractivity contribution is 4.34. The zero-order valence-electron chi connectivity index (χ0n) is 8.72. The van der Waals surface area contributed by atoms with E-state index in [0.29, 0.717) is 26.1 Å². The van der Waals surface area contributed by atoms with Crippen molar-refractivity contribution in [2.24, 2.45) is 0 Å². The van der Waals surface area contributed by atoms with E-state index in [0.717, 1.165) is 0 Å². The van der Waals surface area contributed by atoms with Crippen molar-refractivity contribution >= 4 is 0 Å². The van der Waals surface area contributed by atoms with Gasteiger partial charge in [0.15, 0.2) is 0 Å². The molecule has 0 heterocycles. The van der Waals surface area contributed by atoms with Crippen LogP contribution in [0.5, 0.6) is 0 Å². The SMILES string of the molecule is CC(O)CO.OCCCOCCCO. The van der Waals surface area contributed by atoms with Gasteiger partial charge in [0.2, 0.25) is 0 Å². The fourth-order valence-corrected chi connectivity index (χ4v) is 0.435. The zero-order chi connectivity index (χ0) is 11.2. The molecule has 0 aliphatic heterocycles. The molecule has 0 fully saturated rings. The number of hydrogen-bond donors (Lipinski definition) is 4. The number of aliphatic hydroxyl groups excluding tert-OH is 4. The molecule has 0 saturated heterocycles. The van der Waals surface area contributed by atoms with Gasteiger partial charge in [-0.1, -0.05) is 0 Å². The van der Waals surface area contributed by atoms with Gasteiger partial charge in [-0.25, -0.2) is 0 Å². The maximum absolute atomic E-state index is 8.29. The van der Waals surface area contributed by atoms with Crippen LogP contribution >= 0.6 is 0 Å². The molecule has 4 N–H and O–H groups in total. The lowest BCUT2D eigenvalue weighted by Crippen LogP contribution is -2.03. The summed E-state index contributed by atoms with van der Waals surface area (Å²) in [6.07, 6.45) is 0.812. The quantitative estimate of drug-likeness (QED) is 0.410. The molecule has 0 saturated carbocycles. The second-order valence-corrected chi connectivity index (χ2v) is 2.80. The minimum absolute atomic E-state index is 0.139. The van der Waals surface area contributed by atoms with Crippen LogP contribution in [-0.2, 0) is 4.74 Å². The Morgan fingerprint density at radius 1 is 1.00 bits per heavy atom. The van der Waals surface area contributed by atoms with Gasteiger partial charge in [0, 0.05) is 26.4 Å². The summed E-state index contributed by atoms with van der Waals surface area (Å²) in [6, 6.07) is 0. The first-order valence-electron chi connectivity index (χ1n) is 4.77. The Labute approximate surface area is 85.0 Å². The molecular weight excluding hydrogens is 188 g/mol. The molecule has 0 rings (SSSR count). The van der Waals surface area contributed by atoms with Gasteiger partial charge >= 0.3 is 0 Å². The molecule has 0 aliphatic rings. The molecule has 88 valence electrons. The normalized spacial score (nSPS) is 11.8. The highest BCUT2D eigenvalue weighted by atomic mass is 16.5. The van der Waals surface area contributed by atoms with Gasteiger partial charge < -0.3 is 25.2 Å². The van der Waals surface area contributed by atoms with Crippen LogP contribution in [0.25, 0.3) is 0 Å². The van der Waals surface area contributed by atoms with E-state index >= 15 is 0 Å². The van der Waals surface area contributed by atoms with Crippen molar-refractivity contribution in [3.63, 3.8) is 0 Å². The minimum Gasteiger partial charge on any atom is -0.396 e. The van der Waals surface area contributed by atoms with Gasteiger partial charge in [-0.2, -0.15) is 0 Å². The Morgan fingerprint density at radius 2 is 1.36 bits per heavy atom. The Kier molecular flexibility index (Phi) is 17.7. The predicted octanol–water partition coefficient (Wildman–Crippen LogP) is -0.873. The topological polar surface area (TPSA) is 90.2 Å². The number of hydrogen-bond acceptors (Lipinski definition) is 5. The summed E-state index contributed by atoms with van der Waals surface area (Å²) < 4.78 is 4.99. The Balaban J connectivity index is 0. The van der Waals surface area contributed by atoms with Crippen LogP contribution in [-0.4, -0.2) is 59.6 Å². The number of ether oxygens (including phenoxy) is 1. The third kappa shape index (κ3) is 22.6. The van der Waals surface area contributed by atoms with Crippen LogP contribution in [0, 0.1) is 0 Å². The first kappa shape index (κ1) is 16.2. The highest BCUT2D eigenvalue weighted by Crippen LogP contribution is 1.83. The lowest BCUT2D eigenvalue weighted by Gasteiger charge is -1.99. The van der Waals surface area contributed by atoms with Gasteiger partial charge in [0.25, 0.3) is 0 Å². The standard InChI is InChI=1S/C6H14O3.C3H8O2/c7-3-1-5-9-6-2-4-8;1-3(5)2-4/h7-8H,1-6H2;3-5H,2H2,1H3. The van der Waals surface area contributed by atoms with Crippen molar-refractivity contribution in [2.75, 3.05) is 33.0 Å². The second kappa shape index (κ2) is 15.3. The first-order chi connectivity index (χ1) is 6.68. The van der Waals surface area contributed by atoms with Crippen molar-refractivity contribution in [1.82, 2.24) is 0 Å². The van der Waals surface area contributed by atoms with Gasteiger partial charge in [0.1, 0.15) is 0 Å². The molecular formula is C9H22O5. The molecule has 5 heteroatoms. The summed E-state index contributed by atoms with van der Waals surface area (Å²) in [5.41, 5.74) is 0. The van der Waals surface area contributed by atoms with Gasteiger partial charge in [-0.3, -0.25) is 0 Å². The maximum Gasteiger partial charge on any atom is 0.0742 e. The van der Waals surface area contributed by atoms with Gasteiger partial charge in [-0.15, -0.1) is 0 Å². The number of aliphatic hydroxyl groups is 4. The van der Waals surface area contributed by atoms with Crippen molar-refractivity contribution in [1.29, 1.82) is 0 Å². The average Bonchev–Trinajstić information content (AvgIpc) is 2.19. The molecule has 1 unspecified atom stereocenters. The maximum atomic E-state index is 8.29. The smallest absolute Gasteiger partial charge is 0.0742 e. The molecule has 0 spiro atoms. The average molecular weight is 210 g/mol. The third-order valence-electron chi connectivity index (χ3n) is 1.16. The fraction of sp³-hybridized carbons (Fsp3) is 1.00. The minimum atomic E-state index is -0.560. The molecule has 0 aromatic rings. The van der Waals surface area contributed by atoms with Gasteiger partial charge in [0.05, 0.1) is 12.7 Å². The van der Waals surface area contributed by atoms with E-state index < -0.39 is 6.10 Å². The van der Waals surface area contributed by atoms with E-state index in [1.165, 1.54) is 6.92 Å². The molecule has 5 nitrogen and oxygen atoms in total. The summed E-state index contributed by atoms with van der Waals surface area (Å²) in [7, 11) is 0. The summed E-state index contributed by atoms with van der Waals surface area (Å²) >= 11 is 0. The Hall–Kier alpha value is -0.200. The van der Waals surface area contributed by atoms with Crippen LogP contribution in [0.3, 0.4) is 0 Å². The van der Waals surface area contributed by atoms with Crippen molar-refractivity contribution in [3.05, 3.63) is 0 Å². The zero-order valence-corrected chi connectivity index (χ0v) is 8.72. The molecule has 1 atom stereocenters. The van der Waals surface area contributed by atoms with E-state index in [-0.39, 0.29) is 19.8 Å². The Bertz CT molecular complexity index is 81.3. The van der Waals surface area contributed by atoms with E-state index in [2.05, 4.69) is 0 Å². The van der Waals surface area contributed by atoms with Crippen molar-refractivity contribution in [3.8, 4) is 0 Å². The summed E-state index contributed by atoms with van der Waals surface area (Å²) in [5.74, 6) is 0. The van der Waals surface area contributed by atoms with Crippen LogP contribution in [0.4, 0.5) is 0 Å². The highest BCUT2D eigenvalue weighted by Gasteiger charge is 1.85. The Morgan fingerprint density at radius 3 is 1.57 bits per heavy atom. The first-order valence-corrected chi connectivity index (χ1v) is 4.77. The molecule has 0 aromatic carbocycles. The molecule has 0 amide bonds. The van der Waals surface area contributed by atoms with Crippen LogP contribution in [0.2, 0.25) is 0 Å². The molecule has 0 radical (unpaired) electrons. The van der Waals surface area contributed by atoms with Crippen molar-refractivity contribution < 1.29 is 25.2 Å². The summed E-state index contributed by atoms with van der Waals surface area (Å²) in [6.45, 7) is 2.94. The summed E-state index contributed by atoms with van der Waals surface area (Å²) in [4.78, 5) is 0. The van der Waals surface area contributed by atoms with Crippen LogP contribution < -0.4 is 0 Å². The number of rotatable bonds is 7. The monoisotopic (exact) mass is 210 g/mol. The van der Waals surface area contributed by atoms with Crippen molar-refractivity contribution in [2.45, 2.75) is 25.9 Å². The van der Waals surface area contributed by atoms with E-state index in [1.807, 2.05) is 0 Å². The van der Waals surface area contributed by atoms with Gasteiger partial charge in [-0.05, 0) is 19.8 Å². The lowest BCUT2D eigenvalue weighted by atomic mass is 10.5. The third-order valence-corrected chi connectivity index (χ3v) is 1.16. The molecule has 0 aliphatic carbocycles. The van der Waals surface area contributed by atoms with Crippen LogP contribution in [0.15, 0.2) is 0 Å². The second-order valence-electron chi connectivity index (χ2n) is 2.80. The molecule has 14 heavy (non-hydrogen) atoms. The van der Waals surface area contributed by atoms with E-state index in [4.69, 9.17) is 25.2 Å². The largest absolute Gasteiger partial charge is 0.396 e. The molecule has 0 bridgehead atoms. The van der Waals surface area contributed by atoms with Crippen LogP contribution in [0.1, 0.15) is 19.8 Å².